The fourth-order valence-corrected chi connectivity index (χ4v) is 8.66. The highest BCUT2D eigenvalue weighted by Crippen LogP contribution is 2.62. The number of hydrogen-bond acceptors (Lipinski definition) is 6. The lowest BCUT2D eigenvalue weighted by atomic mass is 9.55. The van der Waals surface area contributed by atoms with E-state index in [1.165, 1.54) is 17.2 Å². The van der Waals surface area contributed by atoms with Crippen LogP contribution in [-0.4, -0.2) is 40.9 Å². The average molecular weight is 521 g/mol. The molecule has 5 atom stereocenters. The Hall–Kier alpha value is -1.94. The van der Waals surface area contributed by atoms with Crippen molar-refractivity contribution in [1.82, 2.24) is 0 Å². The molecule has 1 N–H and O–H groups in total. The van der Waals surface area contributed by atoms with Crippen LogP contribution in [0.25, 0.3) is 11.1 Å². The second kappa shape index (κ2) is 8.57. The quantitative estimate of drug-likeness (QED) is 0.445. The van der Waals surface area contributed by atoms with Crippen LogP contribution < -0.4 is 4.74 Å². The van der Waals surface area contributed by atoms with Crippen molar-refractivity contribution in [1.29, 1.82) is 0 Å². The number of benzene rings is 2. The van der Waals surface area contributed by atoms with E-state index in [4.69, 9.17) is 8.92 Å². The van der Waals surface area contributed by atoms with Crippen LogP contribution in [0.1, 0.15) is 56.1 Å². The zero-order valence-electron chi connectivity index (χ0n) is 20.2. The van der Waals surface area contributed by atoms with E-state index in [9.17, 15) is 21.4 Å². The van der Waals surface area contributed by atoms with E-state index in [2.05, 4.69) is 6.92 Å². The molecular formula is C26H32O7S2. The van der Waals surface area contributed by atoms with Crippen LogP contribution in [0, 0.1) is 17.3 Å². The van der Waals surface area contributed by atoms with Crippen molar-refractivity contribution >= 4 is 20.2 Å². The van der Waals surface area contributed by atoms with Crippen LogP contribution in [0.2, 0.25) is 0 Å². The van der Waals surface area contributed by atoms with Crippen LogP contribution in [-0.2, 0) is 30.8 Å². The van der Waals surface area contributed by atoms with Crippen LogP contribution in [0.5, 0.6) is 5.75 Å². The maximum Gasteiger partial charge on any atom is 0.295 e. The van der Waals surface area contributed by atoms with Gasteiger partial charge in [-0.1, -0.05) is 25.1 Å². The van der Waals surface area contributed by atoms with Crippen molar-refractivity contribution in [3.63, 3.8) is 0 Å². The first-order valence-electron chi connectivity index (χ1n) is 12.1. The first-order valence-corrected chi connectivity index (χ1v) is 15.3. The van der Waals surface area contributed by atoms with Gasteiger partial charge in [-0.2, -0.15) is 16.8 Å². The monoisotopic (exact) mass is 520 g/mol. The Morgan fingerprint density at radius 3 is 2.43 bits per heavy atom. The van der Waals surface area contributed by atoms with Crippen LogP contribution in [0.4, 0.5) is 0 Å². The summed E-state index contributed by atoms with van der Waals surface area (Å²) in [5, 5.41) is 0. The lowest BCUT2D eigenvalue weighted by Gasteiger charge is -2.50. The van der Waals surface area contributed by atoms with E-state index < -0.39 is 20.2 Å². The number of methoxy groups -OCH3 is 1. The van der Waals surface area contributed by atoms with Gasteiger partial charge in [-0.05, 0) is 91.0 Å². The predicted molar refractivity (Wildman–Crippen MR) is 133 cm³/mol. The van der Waals surface area contributed by atoms with Crippen molar-refractivity contribution in [2.45, 2.75) is 62.4 Å². The topological polar surface area (TPSA) is 107 Å². The summed E-state index contributed by atoms with van der Waals surface area (Å²) in [5.41, 5.74) is 3.34. The second-order valence-electron chi connectivity index (χ2n) is 10.5. The maximum atomic E-state index is 12.0. The SMILES string of the molecule is COc1cc2c(cc1-c1ccccc1S(=O)(=O)O)CCC1C2CC[C@@]2(C)C1CC[C@@H]2OS(C)(=O)=O. The molecular weight excluding hydrogens is 488 g/mol. The fraction of sp³-hybridized carbons (Fsp3) is 0.538. The highest BCUT2D eigenvalue weighted by atomic mass is 32.2. The molecule has 35 heavy (non-hydrogen) atoms. The van der Waals surface area contributed by atoms with E-state index in [1.54, 1.807) is 25.3 Å². The minimum Gasteiger partial charge on any atom is -0.496 e. The van der Waals surface area contributed by atoms with E-state index in [0.29, 0.717) is 34.6 Å². The zero-order valence-corrected chi connectivity index (χ0v) is 21.9. The summed E-state index contributed by atoms with van der Waals surface area (Å²) in [7, 11) is -6.32. The summed E-state index contributed by atoms with van der Waals surface area (Å²) in [6, 6.07) is 10.5. The van der Waals surface area contributed by atoms with Crippen LogP contribution in [0.15, 0.2) is 41.3 Å². The third-order valence-corrected chi connectivity index (χ3v) is 10.2. The normalized spacial score (nSPS) is 30.3. The second-order valence-corrected chi connectivity index (χ2v) is 13.5. The molecule has 0 aromatic heterocycles. The Bertz CT molecular complexity index is 1370. The molecule has 9 heteroatoms. The van der Waals surface area contributed by atoms with Crippen molar-refractivity contribution in [3.8, 4) is 16.9 Å². The molecule has 0 radical (unpaired) electrons. The third-order valence-electron chi connectivity index (χ3n) is 8.70. The molecule has 0 spiro atoms. The number of rotatable bonds is 5. The van der Waals surface area contributed by atoms with E-state index in [0.717, 1.165) is 44.8 Å². The zero-order chi connectivity index (χ0) is 25.2. The lowest BCUT2D eigenvalue weighted by Crippen LogP contribution is -2.45. The minimum absolute atomic E-state index is 0.136. The van der Waals surface area contributed by atoms with Crippen molar-refractivity contribution < 1.29 is 30.3 Å². The Balaban J connectivity index is 1.52. The molecule has 2 saturated carbocycles. The van der Waals surface area contributed by atoms with Crippen molar-refractivity contribution in [3.05, 3.63) is 47.5 Å². The van der Waals surface area contributed by atoms with Gasteiger partial charge in [0, 0.05) is 11.1 Å². The van der Waals surface area contributed by atoms with Gasteiger partial charge in [0.25, 0.3) is 20.2 Å². The van der Waals surface area contributed by atoms with E-state index in [-0.39, 0.29) is 16.4 Å². The first kappa shape index (κ1) is 24.7. The molecule has 3 aliphatic carbocycles. The molecule has 2 fully saturated rings. The molecule has 0 amide bonds. The van der Waals surface area contributed by atoms with Crippen molar-refractivity contribution in [2.75, 3.05) is 13.4 Å². The van der Waals surface area contributed by atoms with E-state index in [1.807, 2.05) is 12.1 Å². The summed E-state index contributed by atoms with van der Waals surface area (Å²) in [5.74, 6) is 1.76. The van der Waals surface area contributed by atoms with Gasteiger partial charge in [0.1, 0.15) is 10.6 Å². The van der Waals surface area contributed by atoms with Gasteiger partial charge in [-0.15, -0.1) is 0 Å². The molecule has 2 aromatic carbocycles. The highest BCUT2D eigenvalue weighted by Gasteiger charge is 2.56. The lowest BCUT2D eigenvalue weighted by molar-refractivity contribution is -0.00768. The fourth-order valence-electron chi connectivity index (χ4n) is 7.21. The minimum atomic E-state index is -4.39. The Morgan fingerprint density at radius 1 is 1.00 bits per heavy atom. The molecule has 0 bridgehead atoms. The molecule has 3 aliphatic rings. The van der Waals surface area contributed by atoms with Gasteiger partial charge in [0.2, 0.25) is 0 Å². The van der Waals surface area contributed by atoms with Gasteiger partial charge < -0.3 is 4.74 Å². The highest BCUT2D eigenvalue weighted by molar-refractivity contribution is 7.86. The number of aryl methyl sites for hydroxylation is 1. The smallest absolute Gasteiger partial charge is 0.295 e. The van der Waals surface area contributed by atoms with Crippen LogP contribution >= 0.6 is 0 Å². The summed E-state index contributed by atoms with van der Waals surface area (Å²) in [6.07, 6.45) is 6.28. The maximum absolute atomic E-state index is 12.0. The molecule has 0 saturated heterocycles. The van der Waals surface area contributed by atoms with Gasteiger partial charge >= 0.3 is 0 Å². The van der Waals surface area contributed by atoms with Gasteiger partial charge in [-0.25, -0.2) is 0 Å². The standard InChI is InChI=1S/C26H32O7S2/c1-26-13-12-17-18(22(26)10-11-25(26)33-34(3,27)28)9-8-16-14-21(23(32-2)15-20(16)17)19-6-4-5-7-24(19)35(29,30)31/h4-7,14-15,17-18,22,25H,8-13H2,1-3H3,(H,29,30,31)/t17?,18?,22?,25-,26-/m0/s1. The Labute approximate surface area is 207 Å². The van der Waals surface area contributed by atoms with E-state index >= 15 is 0 Å². The summed E-state index contributed by atoms with van der Waals surface area (Å²) in [4.78, 5) is -0.136. The number of fused-ring (bicyclic) bond motifs is 5. The molecule has 2 aromatic rings. The third kappa shape index (κ3) is 4.30. The van der Waals surface area contributed by atoms with Crippen LogP contribution in [0.3, 0.4) is 0 Å². The van der Waals surface area contributed by atoms with Gasteiger partial charge in [-0.3, -0.25) is 8.74 Å². The predicted octanol–water partition coefficient (Wildman–Crippen LogP) is 4.81. The number of ether oxygens (including phenoxy) is 1. The summed E-state index contributed by atoms with van der Waals surface area (Å²) >= 11 is 0. The molecule has 7 nitrogen and oxygen atoms in total. The van der Waals surface area contributed by atoms with Gasteiger partial charge in [0.15, 0.2) is 0 Å². The number of hydrogen-bond donors (Lipinski definition) is 1. The van der Waals surface area contributed by atoms with Crippen molar-refractivity contribution in [2.24, 2.45) is 17.3 Å². The molecule has 0 heterocycles. The molecule has 5 rings (SSSR count). The largest absolute Gasteiger partial charge is 0.496 e. The first-order chi connectivity index (χ1) is 16.4. The average Bonchev–Trinajstić information content (AvgIpc) is 3.12. The summed E-state index contributed by atoms with van der Waals surface area (Å²) in [6.45, 7) is 2.20. The Morgan fingerprint density at radius 2 is 1.74 bits per heavy atom. The molecule has 0 aliphatic heterocycles. The summed E-state index contributed by atoms with van der Waals surface area (Å²) < 4.78 is 68.8. The Kier molecular flexibility index (Phi) is 6.06. The van der Waals surface area contributed by atoms with Gasteiger partial charge in [0.05, 0.1) is 19.5 Å². The molecule has 3 unspecified atom stereocenters. The molecule has 190 valence electrons.